The number of amides is 1. The molecule has 2 heterocycles. The van der Waals surface area contributed by atoms with Gasteiger partial charge in [-0.3, -0.25) is 9.69 Å². The van der Waals surface area contributed by atoms with E-state index in [2.05, 4.69) is 32.1 Å². The van der Waals surface area contributed by atoms with Crippen LogP contribution in [0, 0.1) is 5.92 Å². The van der Waals surface area contributed by atoms with E-state index in [0.717, 1.165) is 50.9 Å². The lowest BCUT2D eigenvalue weighted by atomic mass is 9.81. The fourth-order valence-corrected chi connectivity index (χ4v) is 4.72. The molecule has 10 heteroatoms. The Morgan fingerprint density at radius 1 is 1.24 bits per heavy atom. The third-order valence-electron chi connectivity index (χ3n) is 6.64. The molecule has 3 N–H and O–H groups in total. The molecule has 2 aromatic rings. The van der Waals surface area contributed by atoms with Crippen molar-refractivity contribution in [3.05, 3.63) is 42.7 Å². The first-order valence-electron chi connectivity index (χ1n) is 11.1. The zero-order chi connectivity index (χ0) is 23.6. The Balaban J connectivity index is 1.25. The number of likely N-dealkylation sites (tertiary alicyclic amines) is 1. The van der Waals surface area contributed by atoms with Crippen LogP contribution in [0.15, 0.2) is 37.2 Å². The largest absolute Gasteiger partial charge is 0.416 e. The molecule has 0 radical (unpaired) electrons. The highest BCUT2D eigenvalue weighted by molar-refractivity contribution is 5.91. The van der Waals surface area contributed by atoms with Crippen LogP contribution in [-0.4, -0.2) is 63.7 Å². The van der Waals surface area contributed by atoms with Crippen molar-refractivity contribution in [1.29, 1.82) is 0 Å². The molecule has 1 aliphatic carbocycles. The van der Waals surface area contributed by atoms with Crippen molar-refractivity contribution in [2.45, 2.75) is 50.0 Å². The van der Waals surface area contributed by atoms with Crippen LogP contribution in [0.1, 0.15) is 31.2 Å². The standard InChI is InChI=1S/C23H28F3N5O2/c1-2-20(32)14-3-6-17(7-4-14)31-11-16(12-31)30-21(33)10-27-22-18-9-15(23(24,25)26)5-8-19(18)28-13-29-22/h2,5,8-9,13-14,16-17,20,32H,1,3-4,6-7,10-12H2,(H,30,33)(H,27,28,29)/t14-,17-,20?. The molecule has 2 fully saturated rings. The zero-order valence-corrected chi connectivity index (χ0v) is 18.2. The van der Waals surface area contributed by atoms with Crippen molar-refractivity contribution in [2.75, 3.05) is 25.0 Å². The average molecular weight is 464 g/mol. The summed E-state index contributed by atoms with van der Waals surface area (Å²) in [5.74, 6) is 0.234. The number of aromatic nitrogens is 2. The molecular weight excluding hydrogens is 435 g/mol. The van der Waals surface area contributed by atoms with Crippen LogP contribution >= 0.6 is 0 Å². The Bertz CT molecular complexity index is 1000. The Morgan fingerprint density at radius 3 is 2.64 bits per heavy atom. The SMILES string of the molecule is C=CC(O)[C@H]1CC[C@H](N2CC(NC(=O)CNc3ncnc4ccc(C(F)(F)F)cc34)C2)CC1. The average Bonchev–Trinajstić information content (AvgIpc) is 2.78. The van der Waals surface area contributed by atoms with Gasteiger partial charge >= 0.3 is 6.18 Å². The number of aliphatic hydroxyl groups is 1. The third kappa shape index (κ3) is 5.44. The number of halogens is 3. The van der Waals surface area contributed by atoms with E-state index in [1.54, 1.807) is 6.08 Å². The van der Waals surface area contributed by atoms with E-state index in [9.17, 15) is 23.1 Å². The van der Waals surface area contributed by atoms with Gasteiger partial charge in [-0.05, 0) is 49.8 Å². The summed E-state index contributed by atoms with van der Waals surface area (Å²) in [6.07, 6.45) is 1.94. The molecule has 1 atom stereocenters. The predicted octanol–water partition coefficient (Wildman–Crippen LogP) is 2.97. The van der Waals surface area contributed by atoms with Crippen LogP contribution in [0.5, 0.6) is 0 Å². The van der Waals surface area contributed by atoms with Crippen LogP contribution in [0.3, 0.4) is 0 Å². The van der Waals surface area contributed by atoms with Crippen molar-refractivity contribution in [1.82, 2.24) is 20.2 Å². The number of alkyl halides is 3. The molecule has 0 spiro atoms. The predicted molar refractivity (Wildman–Crippen MR) is 118 cm³/mol. The van der Waals surface area contributed by atoms with Gasteiger partial charge in [-0.25, -0.2) is 9.97 Å². The summed E-state index contributed by atoms with van der Waals surface area (Å²) in [6.45, 7) is 5.11. The first-order chi connectivity index (χ1) is 15.7. The lowest BCUT2D eigenvalue weighted by molar-refractivity contribution is -0.137. The van der Waals surface area contributed by atoms with E-state index in [0.29, 0.717) is 11.6 Å². The Kier molecular flexibility index (Phi) is 6.85. The maximum Gasteiger partial charge on any atom is 0.416 e. The molecule has 1 amide bonds. The minimum absolute atomic E-state index is 0.0507. The molecule has 0 bridgehead atoms. The number of hydrogen-bond donors (Lipinski definition) is 3. The molecule has 1 unspecified atom stereocenters. The second kappa shape index (κ2) is 9.64. The van der Waals surface area contributed by atoms with Crippen molar-refractivity contribution in [2.24, 2.45) is 5.92 Å². The summed E-state index contributed by atoms with van der Waals surface area (Å²) in [5.41, 5.74) is -0.425. The molecule has 1 aliphatic heterocycles. The maximum atomic E-state index is 13.0. The molecule has 33 heavy (non-hydrogen) atoms. The lowest BCUT2D eigenvalue weighted by Gasteiger charge is -2.47. The molecule has 1 saturated heterocycles. The summed E-state index contributed by atoms with van der Waals surface area (Å²) >= 11 is 0. The summed E-state index contributed by atoms with van der Waals surface area (Å²) in [5, 5.41) is 15.9. The van der Waals surface area contributed by atoms with Crippen LogP contribution in [-0.2, 0) is 11.0 Å². The third-order valence-corrected chi connectivity index (χ3v) is 6.64. The number of nitrogens with zero attached hydrogens (tertiary/aromatic N) is 3. The number of hydrogen-bond acceptors (Lipinski definition) is 6. The quantitative estimate of drug-likeness (QED) is 0.547. The minimum atomic E-state index is -4.47. The molecule has 2 aliphatic rings. The number of carbonyl (C=O) groups excluding carboxylic acids is 1. The van der Waals surface area contributed by atoms with Crippen LogP contribution in [0.2, 0.25) is 0 Å². The molecule has 7 nitrogen and oxygen atoms in total. The van der Waals surface area contributed by atoms with Crippen LogP contribution < -0.4 is 10.6 Å². The van der Waals surface area contributed by atoms with Crippen LogP contribution in [0.25, 0.3) is 10.9 Å². The highest BCUT2D eigenvalue weighted by Crippen LogP contribution is 2.33. The van der Waals surface area contributed by atoms with E-state index in [1.807, 2.05) is 0 Å². The number of benzene rings is 1. The number of aliphatic hydroxyl groups excluding tert-OH is 1. The molecule has 178 valence electrons. The van der Waals surface area contributed by atoms with E-state index in [1.165, 1.54) is 12.4 Å². The topological polar surface area (TPSA) is 90.4 Å². The second-order valence-electron chi connectivity index (χ2n) is 8.82. The lowest BCUT2D eigenvalue weighted by Crippen LogP contribution is -2.63. The van der Waals surface area contributed by atoms with E-state index in [-0.39, 0.29) is 35.6 Å². The molecular formula is C23H28F3N5O2. The first-order valence-corrected chi connectivity index (χ1v) is 11.1. The van der Waals surface area contributed by atoms with Gasteiger partial charge in [0.05, 0.1) is 29.8 Å². The molecule has 1 saturated carbocycles. The zero-order valence-electron chi connectivity index (χ0n) is 18.2. The highest BCUT2D eigenvalue weighted by Gasteiger charge is 2.36. The molecule has 1 aromatic heterocycles. The Morgan fingerprint density at radius 2 is 1.97 bits per heavy atom. The second-order valence-corrected chi connectivity index (χ2v) is 8.82. The number of nitrogens with one attached hydrogen (secondary N) is 2. The summed E-state index contributed by atoms with van der Waals surface area (Å²) in [7, 11) is 0. The van der Waals surface area contributed by atoms with Gasteiger partial charge in [0.2, 0.25) is 5.91 Å². The Hall–Kier alpha value is -2.72. The van der Waals surface area contributed by atoms with Gasteiger partial charge in [0.15, 0.2) is 0 Å². The fraction of sp³-hybridized carbons (Fsp3) is 0.522. The van der Waals surface area contributed by atoms with E-state index >= 15 is 0 Å². The number of anilines is 1. The number of fused-ring (bicyclic) bond motifs is 1. The monoisotopic (exact) mass is 463 g/mol. The number of carbonyl (C=O) groups is 1. The normalized spacial score (nSPS) is 23.0. The van der Waals surface area contributed by atoms with Gasteiger partial charge in [0.1, 0.15) is 12.1 Å². The first kappa shape index (κ1) is 23.4. The van der Waals surface area contributed by atoms with Crippen molar-refractivity contribution in [3.63, 3.8) is 0 Å². The van der Waals surface area contributed by atoms with Crippen molar-refractivity contribution >= 4 is 22.6 Å². The van der Waals surface area contributed by atoms with Crippen molar-refractivity contribution in [3.8, 4) is 0 Å². The summed E-state index contributed by atoms with van der Waals surface area (Å²) < 4.78 is 39.1. The van der Waals surface area contributed by atoms with E-state index in [4.69, 9.17) is 0 Å². The maximum absolute atomic E-state index is 13.0. The molecule has 1 aromatic carbocycles. The van der Waals surface area contributed by atoms with Gasteiger partial charge in [-0.15, -0.1) is 6.58 Å². The fourth-order valence-electron chi connectivity index (χ4n) is 4.72. The highest BCUT2D eigenvalue weighted by atomic mass is 19.4. The molecule has 4 rings (SSSR count). The number of rotatable bonds is 7. The van der Waals surface area contributed by atoms with Crippen molar-refractivity contribution < 1.29 is 23.1 Å². The van der Waals surface area contributed by atoms with Gasteiger partial charge < -0.3 is 15.7 Å². The summed E-state index contributed by atoms with van der Waals surface area (Å²) in [6, 6.07) is 3.78. The van der Waals surface area contributed by atoms with E-state index < -0.39 is 17.8 Å². The smallest absolute Gasteiger partial charge is 0.389 e. The summed E-state index contributed by atoms with van der Waals surface area (Å²) in [4.78, 5) is 22.7. The van der Waals surface area contributed by atoms with Gasteiger partial charge in [-0.2, -0.15) is 13.2 Å². The van der Waals surface area contributed by atoms with Crippen LogP contribution in [0.4, 0.5) is 19.0 Å². The minimum Gasteiger partial charge on any atom is -0.389 e. The van der Waals surface area contributed by atoms with Gasteiger partial charge in [0, 0.05) is 24.5 Å². The Labute approximate surface area is 190 Å². The van der Waals surface area contributed by atoms with Gasteiger partial charge in [0.25, 0.3) is 0 Å². The van der Waals surface area contributed by atoms with Gasteiger partial charge in [-0.1, -0.05) is 6.08 Å².